The van der Waals surface area contributed by atoms with Gasteiger partial charge in [-0.05, 0) is 17.2 Å². The zero-order valence-corrected chi connectivity index (χ0v) is 20.7. The van der Waals surface area contributed by atoms with Gasteiger partial charge in [-0.25, -0.2) is 4.98 Å². The maximum atomic E-state index is 13.2. The Labute approximate surface area is 213 Å². The number of hydrogen-bond donors (Lipinski definition) is 1. The molecule has 0 bridgehead atoms. The number of carbonyl (C=O) groups excluding carboxylic acids is 2. The molecule has 1 aromatic heterocycles. The number of aromatic nitrogens is 1. The van der Waals surface area contributed by atoms with E-state index < -0.39 is 17.6 Å². The molecule has 0 saturated carbocycles. The van der Waals surface area contributed by atoms with Crippen LogP contribution < -0.4 is 5.32 Å². The summed E-state index contributed by atoms with van der Waals surface area (Å²) in [7, 11) is 1.56. The SMILES string of the molecule is CN1C(=O)/C(=C(/Cc2ccccc2)C(=O)Nc2ncc(Cc3cccc(C(F)(F)F)c3)s2)SC1=S. The summed E-state index contributed by atoms with van der Waals surface area (Å²) in [6.45, 7) is 0. The zero-order chi connectivity index (χ0) is 25.2. The first kappa shape index (κ1) is 25.1. The Morgan fingerprint density at radius 1 is 1.11 bits per heavy atom. The molecule has 3 aromatic rings. The molecule has 35 heavy (non-hydrogen) atoms. The van der Waals surface area contributed by atoms with Gasteiger partial charge >= 0.3 is 6.18 Å². The second-order valence-electron chi connectivity index (χ2n) is 7.66. The summed E-state index contributed by atoms with van der Waals surface area (Å²) in [5.74, 6) is -0.826. The summed E-state index contributed by atoms with van der Waals surface area (Å²) in [6.07, 6.45) is -2.44. The lowest BCUT2D eigenvalue weighted by molar-refractivity contribution is -0.137. The van der Waals surface area contributed by atoms with Crippen LogP contribution in [0.2, 0.25) is 0 Å². The number of likely N-dealkylation sites (N-methyl/N-ethyl adjacent to an activating group) is 1. The van der Waals surface area contributed by atoms with Gasteiger partial charge in [0.25, 0.3) is 11.8 Å². The molecule has 0 radical (unpaired) electrons. The lowest BCUT2D eigenvalue weighted by atomic mass is 10.0. The third-order valence-corrected chi connectivity index (χ3v) is 7.65. The Balaban J connectivity index is 1.54. The largest absolute Gasteiger partial charge is 0.416 e. The van der Waals surface area contributed by atoms with Gasteiger partial charge in [-0.1, -0.05) is 72.5 Å². The average Bonchev–Trinajstić information content (AvgIpc) is 3.36. The van der Waals surface area contributed by atoms with Crippen molar-refractivity contribution in [3.05, 3.63) is 92.8 Å². The first-order chi connectivity index (χ1) is 16.6. The third-order valence-electron chi connectivity index (χ3n) is 5.14. The summed E-state index contributed by atoms with van der Waals surface area (Å²) in [4.78, 5) is 32.4. The van der Waals surface area contributed by atoms with Crippen molar-refractivity contribution < 1.29 is 22.8 Å². The lowest BCUT2D eigenvalue weighted by Gasteiger charge is -2.10. The number of alkyl halides is 3. The molecular weight excluding hydrogens is 515 g/mol. The lowest BCUT2D eigenvalue weighted by Crippen LogP contribution is -2.24. The van der Waals surface area contributed by atoms with Crippen molar-refractivity contribution in [1.82, 2.24) is 9.88 Å². The van der Waals surface area contributed by atoms with Crippen LogP contribution in [0, 0.1) is 0 Å². The Hall–Kier alpha value is -3.02. The summed E-state index contributed by atoms with van der Waals surface area (Å²) >= 11 is 7.45. The van der Waals surface area contributed by atoms with Gasteiger partial charge in [-0.2, -0.15) is 13.2 Å². The molecule has 1 N–H and O–H groups in total. The molecule has 11 heteroatoms. The van der Waals surface area contributed by atoms with Gasteiger partial charge < -0.3 is 0 Å². The number of thiocarbonyl (C=S) groups is 1. The first-order valence-electron chi connectivity index (χ1n) is 10.3. The third kappa shape index (κ3) is 5.98. The van der Waals surface area contributed by atoms with Crippen LogP contribution in [0.15, 0.2) is 71.3 Å². The van der Waals surface area contributed by atoms with Gasteiger partial charge in [0.15, 0.2) is 5.13 Å². The minimum Gasteiger partial charge on any atom is -0.298 e. The van der Waals surface area contributed by atoms with Crippen molar-refractivity contribution in [1.29, 1.82) is 0 Å². The van der Waals surface area contributed by atoms with E-state index in [1.807, 2.05) is 30.3 Å². The first-order valence-corrected chi connectivity index (χ1v) is 12.3. The van der Waals surface area contributed by atoms with E-state index in [2.05, 4.69) is 10.3 Å². The molecule has 1 fully saturated rings. The monoisotopic (exact) mass is 533 g/mol. The number of rotatable bonds is 6. The van der Waals surface area contributed by atoms with Crippen LogP contribution in [0.4, 0.5) is 18.3 Å². The van der Waals surface area contributed by atoms with Gasteiger partial charge in [0.1, 0.15) is 4.32 Å². The molecular formula is C24H18F3N3O2S3. The topological polar surface area (TPSA) is 62.3 Å². The van der Waals surface area contributed by atoms with E-state index >= 15 is 0 Å². The minimum absolute atomic E-state index is 0.222. The van der Waals surface area contributed by atoms with Gasteiger partial charge in [-0.15, -0.1) is 11.3 Å². The number of anilines is 1. The highest BCUT2D eigenvalue weighted by molar-refractivity contribution is 8.26. The standard InChI is InChI=1S/C24H18F3N3O2S3/c1-30-21(32)19(35-23(30)33)18(12-14-6-3-2-4-7-14)20(31)29-22-28-13-17(34-22)11-15-8-5-9-16(10-15)24(25,26)27/h2-10,13H,11-12H2,1H3,(H,28,29,31)/b19-18+. The predicted molar refractivity (Wildman–Crippen MR) is 135 cm³/mol. The fraction of sp³-hybridized carbons (Fsp3) is 0.167. The molecule has 2 heterocycles. The van der Waals surface area contributed by atoms with Gasteiger partial charge in [0, 0.05) is 36.5 Å². The predicted octanol–water partition coefficient (Wildman–Crippen LogP) is 5.68. The molecule has 0 spiro atoms. The molecule has 2 aromatic carbocycles. The highest BCUT2D eigenvalue weighted by Gasteiger charge is 2.34. The Morgan fingerprint density at radius 2 is 1.83 bits per heavy atom. The molecule has 0 atom stereocenters. The van der Waals surface area contributed by atoms with E-state index in [1.165, 1.54) is 17.2 Å². The number of amides is 2. The van der Waals surface area contributed by atoms with Gasteiger partial charge in [0.2, 0.25) is 0 Å². The number of thiazole rings is 1. The van der Waals surface area contributed by atoms with Crippen LogP contribution >= 0.6 is 35.3 Å². The fourth-order valence-corrected chi connectivity index (χ4v) is 5.45. The molecule has 1 aliphatic heterocycles. The summed E-state index contributed by atoms with van der Waals surface area (Å²) in [5, 5.41) is 3.02. The smallest absolute Gasteiger partial charge is 0.298 e. The molecule has 5 nitrogen and oxygen atoms in total. The van der Waals surface area contributed by atoms with Gasteiger partial charge in [-0.3, -0.25) is 19.8 Å². The summed E-state index contributed by atoms with van der Waals surface area (Å²) < 4.78 is 39.3. The van der Waals surface area contributed by atoms with Crippen LogP contribution in [0.1, 0.15) is 21.6 Å². The molecule has 1 aliphatic rings. The van der Waals surface area contributed by atoms with Crippen LogP contribution in [-0.4, -0.2) is 33.1 Å². The average molecular weight is 534 g/mol. The molecule has 180 valence electrons. The van der Waals surface area contributed by atoms with Crippen molar-refractivity contribution in [2.45, 2.75) is 19.0 Å². The van der Waals surface area contributed by atoms with Crippen LogP contribution in [0.25, 0.3) is 0 Å². The second-order valence-corrected chi connectivity index (χ2v) is 10.4. The summed E-state index contributed by atoms with van der Waals surface area (Å²) in [6, 6.07) is 14.4. The zero-order valence-electron chi connectivity index (χ0n) is 18.3. The number of hydrogen-bond acceptors (Lipinski definition) is 6. The normalized spacial score (nSPS) is 15.5. The van der Waals surface area contributed by atoms with E-state index in [0.717, 1.165) is 40.8 Å². The second kappa shape index (κ2) is 10.3. The number of nitrogens with one attached hydrogen (secondary N) is 1. The highest BCUT2D eigenvalue weighted by atomic mass is 32.2. The number of thioether (sulfide) groups is 1. The van der Waals surface area contributed by atoms with Crippen LogP contribution in [0.3, 0.4) is 0 Å². The molecule has 0 aliphatic carbocycles. The number of nitrogens with zero attached hydrogens (tertiary/aromatic N) is 2. The van der Waals surface area contributed by atoms with E-state index in [4.69, 9.17) is 12.2 Å². The number of halogens is 3. The molecule has 0 unspecified atom stereocenters. The van der Waals surface area contributed by atoms with E-state index in [-0.39, 0.29) is 34.4 Å². The van der Waals surface area contributed by atoms with Gasteiger partial charge in [0.05, 0.1) is 10.5 Å². The van der Waals surface area contributed by atoms with E-state index in [9.17, 15) is 22.8 Å². The molecule has 1 saturated heterocycles. The van der Waals surface area contributed by atoms with Crippen molar-refractivity contribution in [2.75, 3.05) is 12.4 Å². The Kier molecular flexibility index (Phi) is 7.39. The van der Waals surface area contributed by atoms with E-state index in [0.29, 0.717) is 14.8 Å². The molecule has 2 amide bonds. The van der Waals surface area contributed by atoms with Crippen molar-refractivity contribution in [3.63, 3.8) is 0 Å². The van der Waals surface area contributed by atoms with Crippen LogP contribution in [0.5, 0.6) is 0 Å². The maximum Gasteiger partial charge on any atom is 0.416 e. The van der Waals surface area contributed by atoms with Crippen molar-refractivity contribution in [2.24, 2.45) is 0 Å². The fourth-order valence-electron chi connectivity index (χ4n) is 3.37. The molecule has 4 rings (SSSR count). The van der Waals surface area contributed by atoms with Crippen molar-refractivity contribution >= 4 is 56.6 Å². The Bertz CT molecular complexity index is 1320. The minimum atomic E-state index is -4.42. The van der Waals surface area contributed by atoms with Crippen molar-refractivity contribution in [3.8, 4) is 0 Å². The quantitative estimate of drug-likeness (QED) is 0.326. The van der Waals surface area contributed by atoms with Crippen LogP contribution in [-0.2, 0) is 28.6 Å². The highest BCUT2D eigenvalue weighted by Crippen LogP contribution is 2.34. The van der Waals surface area contributed by atoms with E-state index in [1.54, 1.807) is 13.1 Å². The number of carbonyl (C=O) groups is 2. The summed E-state index contributed by atoms with van der Waals surface area (Å²) in [5.41, 5.74) is 0.889. The Morgan fingerprint density at radius 3 is 2.49 bits per heavy atom. The number of benzene rings is 2. The maximum absolute atomic E-state index is 13.2.